The average molecular weight is 295 g/mol. The van der Waals surface area contributed by atoms with Crippen molar-refractivity contribution in [1.29, 1.82) is 0 Å². The number of aliphatic imine (C=N–C) groups is 1. The lowest BCUT2D eigenvalue weighted by molar-refractivity contribution is 0.129. The van der Waals surface area contributed by atoms with Crippen LogP contribution in [0.2, 0.25) is 0 Å². The van der Waals surface area contributed by atoms with E-state index in [4.69, 9.17) is 4.74 Å². The lowest BCUT2D eigenvalue weighted by atomic mass is 10.1. The van der Waals surface area contributed by atoms with E-state index in [-0.39, 0.29) is 0 Å². The molecule has 1 fully saturated rings. The molecule has 0 amide bonds. The smallest absolute Gasteiger partial charge is 0.191 e. The van der Waals surface area contributed by atoms with Crippen molar-refractivity contribution in [2.75, 3.05) is 33.4 Å². The highest BCUT2D eigenvalue weighted by molar-refractivity contribution is 7.07. The largest absolute Gasteiger partial charge is 0.379 e. The SMILES string of the molecule is CN=C(NCCOCC1CC1)NCC(C)c1ccsc1. The van der Waals surface area contributed by atoms with Crippen LogP contribution in [0.25, 0.3) is 0 Å². The van der Waals surface area contributed by atoms with Gasteiger partial charge in [-0.25, -0.2) is 0 Å². The van der Waals surface area contributed by atoms with E-state index < -0.39 is 0 Å². The maximum Gasteiger partial charge on any atom is 0.191 e. The highest BCUT2D eigenvalue weighted by atomic mass is 32.1. The fourth-order valence-corrected chi connectivity index (χ4v) is 2.70. The summed E-state index contributed by atoms with van der Waals surface area (Å²) in [6.45, 7) is 5.58. The number of rotatable bonds is 8. The number of ether oxygens (including phenoxy) is 1. The van der Waals surface area contributed by atoms with E-state index in [9.17, 15) is 0 Å². The minimum Gasteiger partial charge on any atom is -0.379 e. The summed E-state index contributed by atoms with van der Waals surface area (Å²) in [5.74, 6) is 2.17. The average Bonchev–Trinajstić information content (AvgIpc) is 3.12. The predicted octanol–water partition coefficient (Wildman–Crippen LogP) is 2.44. The van der Waals surface area contributed by atoms with Crippen LogP contribution in [0.5, 0.6) is 0 Å². The van der Waals surface area contributed by atoms with Gasteiger partial charge in [0, 0.05) is 26.7 Å². The first-order chi connectivity index (χ1) is 9.79. The number of hydrogen-bond donors (Lipinski definition) is 2. The summed E-state index contributed by atoms with van der Waals surface area (Å²) < 4.78 is 5.59. The third kappa shape index (κ3) is 5.51. The monoisotopic (exact) mass is 295 g/mol. The molecular formula is C15H25N3OS. The summed E-state index contributed by atoms with van der Waals surface area (Å²) in [5, 5.41) is 11.0. The molecule has 1 atom stereocenters. The normalized spacial score (nSPS) is 17.0. The minimum atomic E-state index is 0.492. The molecular weight excluding hydrogens is 270 g/mol. The maximum atomic E-state index is 5.59. The highest BCUT2D eigenvalue weighted by Gasteiger charge is 2.20. The van der Waals surface area contributed by atoms with Gasteiger partial charge in [0.05, 0.1) is 6.61 Å². The third-order valence-electron chi connectivity index (χ3n) is 3.50. The van der Waals surface area contributed by atoms with Crippen LogP contribution in [-0.4, -0.2) is 39.3 Å². The second kappa shape index (κ2) is 8.27. The van der Waals surface area contributed by atoms with Crippen LogP contribution in [0.3, 0.4) is 0 Å². The van der Waals surface area contributed by atoms with Crippen LogP contribution >= 0.6 is 11.3 Å². The van der Waals surface area contributed by atoms with Gasteiger partial charge in [0.15, 0.2) is 5.96 Å². The van der Waals surface area contributed by atoms with Crippen LogP contribution in [-0.2, 0) is 4.74 Å². The number of thiophene rings is 1. The molecule has 1 aliphatic carbocycles. The van der Waals surface area contributed by atoms with Crippen LogP contribution in [0.1, 0.15) is 31.2 Å². The van der Waals surface area contributed by atoms with Gasteiger partial charge in [-0.15, -0.1) is 0 Å². The Balaban J connectivity index is 1.57. The molecule has 0 saturated heterocycles. The summed E-state index contributed by atoms with van der Waals surface area (Å²) in [7, 11) is 1.80. The van der Waals surface area contributed by atoms with Crippen molar-refractivity contribution < 1.29 is 4.74 Å². The molecule has 0 spiro atoms. The molecule has 112 valence electrons. The molecule has 1 aromatic rings. The zero-order valence-corrected chi connectivity index (χ0v) is 13.2. The van der Waals surface area contributed by atoms with Gasteiger partial charge in [-0.3, -0.25) is 4.99 Å². The van der Waals surface area contributed by atoms with Gasteiger partial charge < -0.3 is 15.4 Å². The Morgan fingerprint density at radius 2 is 2.35 bits per heavy atom. The van der Waals surface area contributed by atoms with Crippen molar-refractivity contribution in [3.05, 3.63) is 22.4 Å². The summed E-state index contributed by atoms with van der Waals surface area (Å²) in [6, 6.07) is 2.18. The van der Waals surface area contributed by atoms with Crippen LogP contribution in [0.15, 0.2) is 21.8 Å². The standard InChI is InChI=1S/C15H25N3OS/c1-12(14-5-8-20-11-14)9-18-15(16-2)17-6-7-19-10-13-3-4-13/h5,8,11-13H,3-4,6-7,9-10H2,1-2H3,(H2,16,17,18). The molecule has 5 heteroatoms. The van der Waals surface area contributed by atoms with E-state index in [1.807, 2.05) is 0 Å². The van der Waals surface area contributed by atoms with Gasteiger partial charge in [0.2, 0.25) is 0 Å². The Hall–Kier alpha value is -1.07. The molecule has 2 N–H and O–H groups in total. The molecule has 2 rings (SSSR count). The van der Waals surface area contributed by atoms with Crippen molar-refractivity contribution >= 4 is 17.3 Å². The molecule has 0 bridgehead atoms. The maximum absolute atomic E-state index is 5.59. The van der Waals surface area contributed by atoms with E-state index in [1.165, 1.54) is 18.4 Å². The van der Waals surface area contributed by atoms with Gasteiger partial charge in [-0.1, -0.05) is 6.92 Å². The molecule has 1 aromatic heterocycles. The quantitative estimate of drug-likeness (QED) is 0.440. The fraction of sp³-hybridized carbons (Fsp3) is 0.667. The highest BCUT2D eigenvalue weighted by Crippen LogP contribution is 2.28. The molecule has 1 unspecified atom stereocenters. The van der Waals surface area contributed by atoms with E-state index in [0.717, 1.165) is 38.2 Å². The molecule has 0 aromatic carbocycles. The van der Waals surface area contributed by atoms with Crippen molar-refractivity contribution in [2.24, 2.45) is 10.9 Å². The summed E-state index contributed by atoms with van der Waals surface area (Å²) in [4.78, 5) is 4.23. The first-order valence-electron chi connectivity index (χ1n) is 7.34. The summed E-state index contributed by atoms with van der Waals surface area (Å²) in [5.41, 5.74) is 1.38. The lowest BCUT2D eigenvalue weighted by Crippen LogP contribution is -2.40. The van der Waals surface area contributed by atoms with Crippen molar-refractivity contribution in [3.8, 4) is 0 Å². The second-order valence-electron chi connectivity index (χ2n) is 5.36. The number of hydrogen-bond acceptors (Lipinski definition) is 3. The Bertz CT molecular complexity index is 401. The van der Waals surface area contributed by atoms with Crippen LogP contribution < -0.4 is 10.6 Å². The molecule has 20 heavy (non-hydrogen) atoms. The number of nitrogens with one attached hydrogen (secondary N) is 2. The zero-order chi connectivity index (χ0) is 14.2. The van der Waals surface area contributed by atoms with E-state index in [2.05, 4.69) is 39.4 Å². The molecule has 0 radical (unpaired) electrons. The molecule has 0 aliphatic heterocycles. The Kier molecular flexibility index (Phi) is 6.33. The summed E-state index contributed by atoms with van der Waals surface area (Å²) in [6.07, 6.45) is 2.69. The van der Waals surface area contributed by atoms with Gasteiger partial charge in [0.25, 0.3) is 0 Å². The van der Waals surface area contributed by atoms with Crippen molar-refractivity contribution in [3.63, 3.8) is 0 Å². The topological polar surface area (TPSA) is 45.7 Å². The minimum absolute atomic E-state index is 0.492. The van der Waals surface area contributed by atoms with Crippen molar-refractivity contribution in [2.45, 2.75) is 25.7 Å². The number of guanidine groups is 1. The van der Waals surface area contributed by atoms with Gasteiger partial charge >= 0.3 is 0 Å². The van der Waals surface area contributed by atoms with E-state index >= 15 is 0 Å². The van der Waals surface area contributed by atoms with Gasteiger partial charge in [-0.05, 0) is 47.1 Å². The third-order valence-corrected chi connectivity index (χ3v) is 4.20. The summed E-state index contributed by atoms with van der Waals surface area (Å²) >= 11 is 1.74. The second-order valence-corrected chi connectivity index (χ2v) is 6.14. The Morgan fingerprint density at radius 3 is 3.00 bits per heavy atom. The Morgan fingerprint density at radius 1 is 1.50 bits per heavy atom. The van der Waals surface area contributed by atoms with Gasteiger partial charge in [0.1, 0.15) is 0 Å². The molecule has 4 nitrogen and oxygen atoms in total. The predicted molar refractivity (Wildman–Crippen MR) is 85.6 cm³/mol. The van der Waals surface area contributed by atoms with Crippen LogP contribution in [0, 0.1) is 5.92 Å². The molecule has 1 heterocycles. The first-order valence-corrected chi connectivity index (χ1v) is 8.28. The van der Waals surface area contributed by atoms with E-state index in [0.29, 0.717) is 5.92 Å². The van der Waals surface area contributed by atoms with Crippen molar-refractivity contribution in [1.82, 2.24) is 10.6 Å². The molecule has 1 saturated carbocycles. The zero-order valence-electron chi connectivity index (χ0n) is 12.4. The number of nitrogens with zero attached hydrogens (tertiary/aromatic N) is 1. The molecule has 1 aliphatic rings. The lowest BCUT2D eigenvalue weighted by Gasteiger charge is -2.15. The van der Waals surface area contributed by atoms with Gasteiger partial charge in [-0.2, -0.15) is 11.3 Å². The van der Waals surface area contributed by atoms with E-state index in [1.54, 1.807) is 18.4 Å². The first kappa shape index (κ1) is 15.3. The van der Waals surface area contributed by atoms with Crippen LogP contribution in [0.4, 0.5) is 0 Å². The fourth-order valence-electron chi connectivity index (χ4n) is 1.92. The Labute approximate surface area is 125 Å².